The minimum Gasteiger partial charge on any atom is -0.396 e. The second kappa shape index (κ2) is 6.88. The summed E-state index contributed by atoms with van der Waals surface area (Å²) in [5, 5.41) is 0. The maximum absolute atomic E-state index is 14.4. The average Bonchev–Trinajstić information content (AvgIpc) is 2.80. The Labute approximate surface area is 161 Å². The molecule has 1 saturated carbocycles. The molecule has 2 N–H and O–H groups in total. The molecule has 2 aromatic rings. The summed E-state index contributed by atoms with van der Waals surface area (Å²) in [7, 11) is 1.98. The van der Waals surface area contributed by atoms with Crippen LogP contribution in [-0.2, 0) is 7.05 Å². The lowest BCUT2D eigenvalue weighted by Crippen LogP contribution is -2.23. The zero-order valence-electron chi connectivity index (χ0n) is 16.9. The fourth-order valence-corrected chi connectivity index (χ4v) is 3.76. The van der Waals surface area contributed by atoms with Crippen LogP contribution in [0.15, 0.2) is 24.8 Å². The predicted octanol–water partition coefficient (Wildman–Crippen LogP) is 4.86. The summed E-state index contributed by atoms with van der Waals surface area (Å²) < 4.78 is 16.5. The molecular weight excluding hydrogens is 337 g/mol. The predicted molar refractivity (Wildman–Crippen MR) is 109 cm³/mol. The van der Waals surface area contributed by atoms with E-state index in [1.165, 1.54) is 5.69 Å². The quantitative estimate of drug-likeness (QED) is 0.790. The summed E-state index contributed by atoms with van der Waals surface area (Å²) >= 11 is 0. The van der Waals surface area contributed by atoms with Crippen LogP contribution < -0.4 is 5.73 Å². The molecule has 1 fully saturated rings. The van der Waals surface area contributed by atoms with Gasteiger partial charge in [0.1, 0.15) is 5.82 Å². The van der Waals surface area contributed by atoms with E-state index in [0.29, 0.717) is 23.1 Å². The molecular formula is C23H28FN3. The van der Waals surface area contributed by atoms with E-state index < -0.39 is 0 Å². The Morgan fingerprint density at radius 2 is 1.96 bits per heavy atom. The molecule has 0 amide bonds. The van der Waals surface area contributed by atoms with E-state index in [4.69, 9.17) is 5.73 Å². The minimum absolute atomic E-state index is 0.138. The SMILES string of the molecule is C=C(N)c1nc(C)c(C2CC(c3ccc(C#CC(C)(C)C)c(F)c3)C2)n1C. The van der Waals surface area contributed by atoms with E-state index in [1.807, 2.05) is 51.4 Å². The number of hydrogen-bond acceptors (Lipinski definition) is 2. The largest absolute Gasteiger partial charge is 0.396 e. The van der Waals surface area contributed by atoms with E-state index in [9.17, 15) is 4.39 Å². The molecule has 0 spiro atoms. The van der Waals surface area contributed by atoms with Gasteiger partial charge in [-0.2, -0.15) is 0 Å². The Morgan fingerprint density at radius 3 is 2.48 bits per heavy atom. The number of aryl methyl sites for hydroxylation is 1. The number of nitrogens with zero attached hydrogens (tertiary/aromatic N) is 2. The number of halogens is 1. The van der Waals surface area contributed by atoms with Gasteiger partial charge in [0, 0.05) is 24.1 Å². The molecule has 3 rings (SSSR count). The van der Waals surface area contributed by atoms with Crippen molar-refractivity contribution in [2.45, 2.75) is 52.4 Å². The standard InChI is InChI=1S/C23H28FN3/c1-14(25)22-26-15(2)21(27(22)6)19-11-18(12-19)17-8-7-16(20(24)13-17)9-10-23(3,4)5/h7-8,13,18-19H,1,11-12,25H2,2-6H3. The highest BCUT2D eigenvalue weighted by Gasteiger charge is 2.35. The highest BCUT2D eigenvalue weighted by atomic mass is 19.1. The van der Waals surface area contributed by atoms with Crippen LogP contribution in [0.4, 0.5) is 4.39 Å². The first-order valence-electron chi connectivity index (χ1n) is 9.37. The van der Waals surface area contributed by atoms with Gasteiger partial charge >= 0.3 is 0 Å². The van der Waals surface area contributed by atoms with Crippen LogP contribution in [-0.4, -0.2) is 9.55 Å². The van der Waals surface area contributed by atoms with Gasteiger partial charge in [-0.05, 0) is 64.2 Å². The molecule has 0 saturated heterocycles. The van der Waals surface area contributed by atoms with E-state index in [-0.39, 0.29) is 11.2 Å². The van der Waals surface area contributed by atoms with Gasteiger partial charge in [-0.25, -0.2) is 9.37 Å². The van der Waals surface area contributed by atoms with Gasteiger partial charge in [-0.1, -0.05) is 24.5 Å². The van der Waals surface area contributed by atoms with Gasteiger partial charge in [0.05, 0.1) is 17.0 Å². The molecule has 142 valence electrons. The van der Waals surface area contributed by atoms with Crippen molar-refractivity contribution in [3.8, 4) is 11.8 Å². The van der Waals surface area contributed by atoms with Crippen LogP contribution >= 0.6 is 0 Å². The highest BCUT2D eigenvalue weighted by molar-refractivity contribution is 5.55. The fraction of sp³-hybridized carbons (Fsp3) is 0.435. The molecule has 0 radical (unpaired) electrons. The van der Waals surface area contributed by atoms with Crippen molar-refractivity contribution in [3.63, 3.8) is 0 Å². The number of imidazole rings is 1. The Morgan fingerprint density at radius 1 is 1.30 bits per heavy atom. The van der Waals surface area contributed by atoms with Gasteiger partial charge < -0.3 is 10.3 Å². The maximum Gasteiger partial charge on any atom is 0.155 e. The fourth-order valence-electron chi connectivity index (χ4n) is 3.76. The van der Waals surface area contributed by atoms with E-state index in [2.05, 4.69) is 23.4 Å². The molecule has 4 heteroatoms. The molecule has 0 atom stereocenters. The lowest BCUT2D eigenvalue weighted by atomic mass is 9.69. The van der Waals surface area contributed by atoms with Crippen LogP contribution in [0.2, 0.25) is 0 Å². The van der Waals surface area contributed by atoms with E-state index >= 15 is 0 Å². The highest BCUT2D eigenvalue weighted by Crippen LogP contribution is 2.48. The molecule has 1 aliphatic rings. The van der Waals surface area contributed by atoms with E-state index in [0.717, 1.165) is 29.9 Å². The Hall–Kier alpha value is -2.54. The smallest absolute Gasteiger partial charge is 0.155 e. The van der Waals surface area contributed by atoms with Crippen molar-refractivity contribution in [1.29, 1.82) is 0 Å². The van der Waals surface area contributed by atoms with Gasteiger partial charge in [0.25, 0.3) is 0 Å². The molecule has 27 heavy (non-hydrogen) atoms. The Bertz CT molecular complexity index is 944. The minimum atomic E-state index is -0.230. The summed E-state index contributed by atoms with van der Waals surface area (Å²) in [6, 6.07) is 5.47. The molecule has 1 aromatic carbocycles. The first-order valence-corrected chi connectivity index (χ1v) is 9.37. The van der Waals surface area contributed by atoms with Crippen molar-refractivity contribution in [2.24, 2.45) is 18.2 Å². The summed E-state index contributed by atoms with van der Waals surface area (Å²) in [6.45, 7) is 11.9. The van der Waals surface area contributed by atoms with Gasteiger partial charge in [-0.15, -0.1) is 0 Å². The first kappa shape index (κ1) is 19.2. The molecule has 0 unspecified atom stereocenters. The lowest BCUT2D eigenvalue weighted by molar-refractivity contribution is 0.337. The third kappa shape index (κ3) is 3.93. The summed E-state index contributed by atoms with van der Waals surface area (Å²) in [5.74, 6) is 7.35. The van der Waals surface area contributed by atoms with Crippen molar-refractivity contribution >= 4 is 5.70 Å². The summed E-state index contributed by atoms with van der Waals surface area (Å²) in [5.41, 5.74) is 9.90. The monoisotopic (exact) mass is 365 g/mol. The second-order valence-corrected chi connectivity index (χ2v) is 8.59. The van der Waals surface area contributed by atoms with Crippen molar-refractivity contribution < 1.29 is 4.39 Å². The van der Waals surface area contributed by atoms with Crippen LogP contribution in [0.1, 0.15) is 73.8 Å². The van der Waals surface area contributed by atoms with Crippen molar-refractivity contribution in [2.75, 3.05) is 0 Å². The van der Waals surface area contributed by atoms with Gasteiger partial charge in [0.15, 0.2) is 5.82 Å². The zero-order chi connectivity index (χ0) is 19.9. The van der Waals surface area contributed by atoms with E-state index in [1.54, 1.807) is 6.07 Å². The van der Waals surface area contributed by atoms with Gasteiger partial charge in [0.2, 0.25) is 0 Å². The van der Waals surface area contributed by atoms with Gasteiger partial charge in [-0.3, -0.25) is 0 Å². The lowest BCUT2D eigenvalue weighted by Gasteiger charge is -2.36. The summed E-state index contributed by atoms with van der Waals surface area (Å²) in [6.07, 6.45) is 1.98. The number of aromatic nitrogens is 2. The van der Waals surface area contributed by atoms with Crippen LogP contribution in [0.25, 0.3) is 5.70 Å². The number of benzene rings is 1. The summed E-state index contributed by atoms with van der Waals surface area (Å²) in [4.78, 5) is 4.54. The molecule has 0 bridgehead atoms. The maximum atomic E-state index is 14.4. The molecule has 0 aliphatic heterocycles. The molecule has 1 heterocycles. The van der Waals surface area contributed by atoms with Crippen LogP contribution in [0.5, 0.6) is 0 Å². The second-order valence-electron chi connectivity index (χ2n) is 8.59. The van der Waals surface area contributed by atoms with Crippen molar-refractivity contribution in [1.82, 2.24) is 9.55 Å². The third-order valence-electron chi connectivity index (χ3n) is 5.17. The topological polar surface area (TPSA) is 43.8 Å². The normalized spacial score (nSPS) is 19.2. The average molecular weight is 365 g/mol. The molecule has 1 aliphatic carbocycles. The Kier molecular flexibility index (Phi) is 4.90. The Balaban J connectivity index is 1.74. The molecule has 3 nitrogen and oxygen atoms in total. The van der Waals surface area contributed by atoms with Crippen molar-refractivity contribution in [3.05, 3.63) is 58.9 Å². The van der Waals surface area contributed by atoms with Crippen LogP contribution in [0, 0.1) is 30.0 Å². The number of hydrogen-bond donors (Lipinski definition) is 1. The number of rotatable bonds is 3. The number of nitrogens with two attached hydrogens (primary N) is 1. The van der Waals surface area contributed by atoms with Crippen LogP contribution in [0.3, 0.4) is 0 Å². The zero-order valence-corrected chi connectivity index (χ0v) is 16.9. The third-order valence-corrected chi connectivity index (χ3v) is 5.17. The molecule has 1 aromatic heterocycles. The first-order chi connectivity index (χ1) is 12.6.